The fraction of sp³-hybridized carbons (Fsp3) is 0.333. The first-order valence-electron chi connectivity index (χ1n) is 4.56. The van der Waals surface area contributed by atoms with E-state index in [1.807, 2.05) is 0 Å². The van der Waals surface area contributed by atoms with Crippen LogP contribution in [0.4, 0.5) is 0 Å². The Kier molecular flexibility index (Phi) is 2.42. The van der Waals surface area contributed by atoms with Crippen molar-refractivity contribution < 1.29 is 5.11 Å². The number of aliphatic hydroxyl groups is 1. The molecule has 6 nitrogen and oxygen atoms in total. The lowest BCUT2D eigenvalue weighted by atomic mass is 10.3. The molecule has 1 atom stereocenters. The Morgan fingerprint density at radius 3 is 2.60 bits per heavy atom. The second kappa shape index (κ2) is 3.74. The number of aliphatic hydroxyl groups excluding tert-OH is 1. The second-order valence-electron chi connectivity index (χ2n) is 3.18. The van der Waals surface area contributed by atoms with Gasteiger partial charge in [-0.15, -0.1) is 0 Å². The van der Waals surface area contributed by atoms with Crippen LogP contribution in [0.15, 0.2) is 18.7 Å². The van der Waals surface area contributed by atoms with Gasteiger partial charge < -0.3 is 5.11 Å². The second-order valence-corrected chi connectivity index (χ2v) is 3.18. The lowest BCUT2D eigenvalue weighted by Gasteiger charge is -2.07. The van der Waals surface area contributed by atoms with Crippen LogP contribution in [0.1, 0.15) is 24.5 Å². The standard InChI is InChI=1S/C9H11N5O/c1-6(15)8-9(11-4-3-10-8)14-5-12-7(2)13-14/h3-6,15H,1-2H3. The van der Waals surface area contributed by atoms with Crippen LogP contribution in [0.2, 0.25) is 0 Å². The molecule has 0 saturated heterocycles. The Morgan fingerprint density at radius 1 is 1.27 bits per heavy atom. The quantitative estimate of drug-likeness (QED) is 0.768. The molecular formula is C9H11N5O. The van der Waals surface area contributed by atoms with Crippen LogP contribution >= 0.6 is 0 Å². The summed E-state index contributed by atoms with van der Waals surface area (Å²) < 4.78 is 1.50. The van der Waals surface area contributed by atoms with Crippen molar-refractivity contribution in [1.29, 1.82) is 0 Å². The summed E-state index contributed by atoms with van der Waals surface area (Å²) in [6.45, 7) is 3.42. The van der Waals surface area contributed by atoms with Crippen molar-refractivity contribution in [2.45, 2.75) is 20.0 Å². The molecule has 1 unspecified atom stereocenters. The molecule has 0 aliphatic rings. The van der Waals surface area contributed by atoms with E-state index in [0.29, 0.717) is 17.3 Å². The SMILES string of the molecule is Cc1ncn(-c2nccnc2C(C)O)n1. The van der Waals surface area contributed by atoms with Gasteiger partial charge in [0.15, 0.2) is 5.82 Å². The van der Waals surface area contributed by atoms with Gasteiger partial charge in [0.1, 0.15) is 17.8 Å². The molecule has 0 radical (unpaired) electrons. The Morgan fingerprint density at radius 2 is 2.00 bits per heavy atom. The molecule has 2 heterocycles. The van der Waals surface area contributed by atoms with Gasteiger partial charge >= 0.3 is 0 Å². The zero-order chi connectivity index (χ0) is 10.8. The molecule has 2 aromatic rings. The van der Waals surface area contributed by atoms with Crippen LogP contribution in [-0.2, 0) is 0 Å². The maximum Gasteiger partial charge on any atom is 0.179 e. The molecule has 6 heteroatoms. The first-order chi connectivity index (χ1) is 7.18. The van der Waals surface area contributed by atoms with Gasteiger partial charge in [0.2, 0.25) is 0 Å². The van der Waals surface area contributed by atoms with Crippen LogP contribution in [0.25, 0.3) is 5.82 Å². The summed E-state index contributed by atoms with van der Waals surface area (Å²) in [5.41, 5.74) is 0.488. The van der Waals surface area contributed by atoms with Gasteiger partial charge in [-0.1, -0.05) is 0 Å². The van der Waals surface area contributed by atoms with Gasteiger partial charge in [-0.05, 0) is 13.8 Å². The third-order valence-corrected chi connectivity index (χ3v) is 1.93. The van der Waals surface area contributed by atoms with E-state index in [1.165, 1.54) is 10.9 Å². The van der Waals surface area contributed by atoms with Gasteiger partial charge in [0.05, 0.1) is 6.10 Å². The van der Waals surface area contributed by atoms with E-state index in [1.54, 1.807) is 26.4 Å². The Hall–Kier alpha value is -1.82. The van der Waals surface area contributed by atoms with Crippen molar-refractivity contribution in [2.75, 3.05) is 0 Å². The number of hydrogen-bond donors (Lipinski definition) is 1. The van der Waals surface area contributed by atoms with Crippen molar-refractivity contribution in [2.24, 2.45) is 0 Å². The number of aromatic nitrogens is 5. The van der Waals surface area contributed by atoms with E-state index in [9.17, 15) is 5.11 Å². The maximum absolute atomic E-state index is 9.51. The minimum Gasteiger partial charge on any atom is -0.387 e. The van der Waals surface area contributed by atoms with Crippen molar-refractivity contribution >= 4 is 0 Å². The van der Waals surface area contributed by atoms with Crippen molar-refractivity contribution in [3.8, 4) is 5.82 Å². The molecule has 0 aliphatic carbocycles. The topological polar surface area (TPSA) is 76.7 Å². The van der Waals surface area contributed by atoms with Crippen LogP contribution in [0.5, 0.6) is 0 Å². The van der Waals surface area contributed by atoms with E-state index >= 15 is 0 Å². The lowest BCUT2D eigenvalue weighted by Crippen LogP contribution is -2.07. The monoisotopic (exact) mass is 205 g/mol. The molecular weight excluding hydrogens is 194 g/mol. The van der Waals surface area contributed by atoms with Crippen molar-refractivity contribution in [3.63, 3.8) is 0 Å². The van der Waals surface area contributed by atoms with E-state index in [0.717, 1.165) is 0 Å². The minimum absolute atomic E-state index is 0.488. The van der Waals surface area contributed by atoms with Gasteiger partial charge in [0.25, 0.3) is 0 Å². The van der Waals surface area contributed by atoms with E-state index in [4.69, 9.17) is 0 Å². The van der Waals surface area contributed by atoms with Gasteiger partial charge in [-0.3, -0.25) is 4.98 Å². The third kappa shape index (κ3) is 1.84. The van der Waals surface area contributed by atoms with Gasteiger partial charge in [-0.25, -0.2) is 14.6 Å². The average molecular weight is 205 g/mol. The van der Waals surface area contributed by atoms with Gasteiger partial charge in [-0.2, -0.15) is 5.10 Å². The fourth-order valence-corrected chi connectivity index (χ4v) is 1.26. The van der Waals surface area contributed by atoms with Crippen LogP contribution in [0.3, 0.4) is 0 Å². The average Bonchev–Trinajstić information content (AvgIpc) is 2.65. The molecule has 0 aromatic carbocycles. The molecule has 2 aromatic heterocycles. The van der Waals surface area contributed by atoms with Crippen LogP contribution in [0, 0.1) is 6.92 Å². The van der Waals surface area contributed by atoms with Crippen molar-refractivity contribution in [3.05, 3.63) is 30.2 Å². The van der Waals surface area contributed by atoms with Crippen molar-refractivity contribution in [1.82, 2.24) is 24.7 Å². The summed E-state index contributed by atoms with van der Waals surface area (Å²) in [7, 11) is 0. The first kappa shape index (κ1) is 9.72. The highest BCUT2D eigenvalue weighted by Gasteiger charge is 2.12. The molecule has 0 saturated carbocycles. The number of rotatable bonds is 2. The zero-order valence-corrected chi connectivity index (χ0v) is 8.49. The summed E-state index contributed by atoms with van der Waals surface area (Å²) >= 11 is 0. The molecule has 78 valence electrons. The van der Waals surface area contributed by atoms with E-state index < -0.39 is 6.10 Å². The Bertz CT molecular complexity index is 465. The summed E-state index contributed by atoms with van der Waals surface area (Å²) in [5.74, 6) is 1.16. The summed E-state index contributed by atoms with van der Waals surface area (Å²) in [6, 6.07) is 0. The Balaban J connectivity index is 2.52. The smallest absolute Gasteiger partial charge is 0.179 e. The number of nitrogens with zero attached hydrogens (tertiary/aromatic N) is 5. The molecule has 15 heavy (non-hydrogen) atoms. The normalized spacial score (nSPS) is 12.7. The molecule has 0 amide bonds. The molecule has 0 bridgehead atoms. The number of hydrogen-bond acceptors (Lipinski definition) is 5. The zero-order valence-electron chi connectivity index (χ0n) is 8.49. The predicted molar refractivity (Wildman–Crippen MR) is 52.3 cm³/mol. The lowest BCUT2D eigenvalue weighted by molar-refractivity contribution is 0.193. The highest BCUT2D eigenvalue weighted by molar-refractivity contribution is 5.27. The highest BCUT2D eigenvalue weighted by atomic mass is 16.3. The van der Waals surface area contributed by atoms with E-state index in [-0.39, 0.29) is 0 Å². The summed E-state index contributed by atoms with van der Waals surface area (Å²) in [4.78, 5) is 12.2. The summed E-state index contributed by atoms with van der Waals surface area (Å²) in [6.07, 6.45) is 3.96. The number of aryl methyl sites for hydroxylation is 1. The first-order valence-corrected chi connectivity index (χ1v) is 4.56. The molecule has 0 fully saturated rings. The predicted octanol–water partition coefficient (Wildman–Crippen LogP) is 0.419. The largest absolute Gasteiger partial charge is 0.387 e. The minimum atomic E-state index is -0.682. The third-order valence-electron chi connectivity index (χ3n) is 1.93. The molecule has 2 rings (SSSR count). The van der Waals surface area contributed by atoms with Crippen LogP contribution < -0.4 is 0 Å². The molecule has 0 spiro atoms. The van der Waals surface area contributed by atoms with Crippen LogP contribution in [-0.4, -0.2) is 29.8 Å². The molecule has 1 N–H and O–H groups in total. The van der Waals surface area contributed by atoms with E-state index in [2.05, 4.69) is 20.1 Å². The molecule has 0 aliphatic heterocycles. The maximum atomic E-state index is 9.51. The summed E-state index contributed by atoms with van der Waals surface area (Å²) in [5, 5.41) is 13.6. The highest BCUT2D eigenvalue weighted by Crippen LogP contribution is 2.14. The fourth-order valence-electron chi connectivity index (χ4n) is 1.26. The Labute approximate surface area is 86.6 Å². The van der Waals surface area contributed by atoms with Gasteiger partial charge in [0, 0.05) is 12.4 Å².